The molecule has 0 spiro atoms. The molecule has 0 aliphatic heterocycles. The molecule has 1 aromatic heterocycles. The van der Waals surface area contributed by atoms with Gasteiger partial charge in [-0.05, 0) is 6.07 Å². The topological polar surface area (TPSA) is 47.8 Å². The summed E-state index contributed by atoms with van der Waals surface area (Å²) in [6, 6.07) is 4.22. The molecular weight excluding hydrogens is 302 g/mol. The quantitative estimate of drug-likeness (QED) is 0.647. The molecule has 0 bridgehead atoms. The number of hydrogen-bond donors (Lipinski definition) is 0. The number of hydrogen-bond acceptors (Lipinski definition) is 3. The summed E-state index contributed by atoms with van der Waals surface area (Å²) in [5.41, 5.74) is -0.728. The Bertz CT molecular complexity index is 653. The van der Waals surface area contributed by atoms with E-state index in [0.717, 1.165) is 10.9 Å². The highest BCUT2D eigenvalue weighted by molar-refractivity contribution is 6.30. The molecule has 106 valence electrons. The number of carbonyl (C=O) groups excluding carboxylic acids is 1. The average molecular weight is 308 g/mol. The van der Waals surface area contributed by atoms with Gasteiger partial charge in [0, 0.05) is 5.56 Å². The van der Waals surface area contributed by atoms with Gasteiger partial charge in [-0.1, -0.05) is 28.9 Å². The van der Waals surface area contributed by atoms with Gasteiger partial charge in [-0.3, -0.25) is 4.79 Å². The minimum atomic E-state index is -5.03. The van der Waals surface area contributed by atoms with E-state index in [-0.39, 0.29) is 17.1 Å². The van der Waals surface area contributed by atoms with Crippen molar-refractivity contribution in [3.8, 4) is 0 Å². The van der Waals surface area contributed by atoms with Gasteiger partial charge in [0.05, 0.1) is 17.8 Å². The van der Waals surface area contributed by atoms with Crippen LogP contribution in [0.4, 0.5) is 17.6 Å². The first-order valence-electron chi connectivity index (χ1n) is 5.23. The molecule has 0 fully saturated rings. The SMILES string of the molecule is O=C(c1cn(Cc2cccc(Cl)c2F)nn1)C(F)(F)F. The van der Waals surface area contributed by atoms with Crippen LogP contribution >= 0.6 is 11.6 Å². The second-order valence-corrected chi connectivity index (χ2v) is 4.25. The van der Waals surface area contributed by atoms with E-state index in [1.165, 1.54) is 18.2 Å². The van der Waals surface area contributed by atoms with E-state index >= 15 is 0 Å². The summed E-state index contributed by atoms with van der Waals surface area (Å²) in [4.78, 5) is 10.9. The predicted octanol–water partition coefficient (Wildman–Crippen LogP) is 2.86. The Hall–Kier alpha value is -1.96. The second-order valence-electron chi connectivity index (χ2n) is 3.84. The Morgan fingerprint density at radius 3 is 2.70 bits per heavy atom. The molecule has 0 N–H and O–H groups in total. The van der Waals surface area contributed by atoms with Crippen LogP contribution in [0.25, 0.3) is 0 Å². The van der Waals surface area contributed by atoms with Gasteiger partial charge in [-0.15, -0.1) is 5.10 Å². The summed E-state index contributed by atoms with van der Waals surface area (Å²) in [6.45, 7) is -0.190. The van der Waals surface area contributed by atoms with Crippen molar-refractivity contribution in [2.45, 2.75) is 12.7 Å². The fourth-order valence-electron chi connectivity index (χ4n) is 1.47. The molecule has 9 heteroatoms. The second kappa shape index (κ2) is 5.20. The van der Waals surface area contributed by atoms with Gasteiger partial charge in [0.15, 0.2) is 5.69 Å². The molecule has 0 aliphatic carbocycles. The number of carbonyl (C=O) groups is 1. The van der Waals surface area contributed by atoms with Crippen molar-refractivity contribution in [2.75, 3.05) is 0 Å². The predicted molar refractivity (Wildman–Crippen MR) is 60.9 cm³/mol. The lowest BCUT2D eigenvalue weighted by atomic mass is 10.2. The molecule has 0 saturated carbocycles. The number of benzene rings is 1. The Balaban J connectivity index is 2.22. The van der Waals surface area contributed by atoms with Crippen molar-refractivity contribution < 1.29 is 22.4 Å². The van der Waals surface area contributed by atoms with Crippen LogP contribution in [-0.2, 0) is 6.54 Å². The van der Waals surface area contributed by atoms with Crippen LogP contribution in [0.2, 0.25) is 5.02 Å². The Morgan fingerprint density at radius 2 is 2.05 bits per heavy atom. The zero-order valence-corrected chi connectivity index (χ0v) is 10.4. The normalized spacial score (nSPS) is 11.7. The third-order valence-corrected chi connectivity index (χ3v) is 2.68. The average Bonchev–Trinajstić information content (AvgIpc) is 2.81. The van der Waals surface area contributed by atoms with Gasteiger partial charge in [0.25, 0.3) is 5.78 Å². The van der Waals surface area contributed by atoms with E-state index in [9.17, 15) is 22.4 Å². The van der Waals surface area contributed by atoms with Crippen LogP contribution in [-0.4, -0.2) is 27.0 Å². The zero-order chi connectivity index (χ0) is 14.9. The maximum absolute atomic E-state index is 13.6. The van der Waals surface area contributed by atoms with Crippen molar-refractivity contribution in [1.29, 1.82) is 0 Å². The number of Topliss-reactive ketones (excluding diaryl/α,β-unsaturated/α-hetero) is 1. The first kappa shape index (κ1) is 14.4. The minimum Gasteiger partial charge on any atom is -0.282 e. The number of rotatable bonds is 3. The van der Waals surface area contributed by atoms with E-state index in [2.05, 4.69) is 10.3 Å². The maximum Gasteiger partial charge on any atom is 0.456 e. The van der Waals surface area contributed by atoms with Gasteiger partial charge < -0.3 is 0 Å². The Labute approximate surface area is 115 Å². The third-order valence-electron chi connectivity index (χ3n) is 2.39. The smallest absolute Gasteiger partial charge is 0.282 e. The van der Waals surface area contributed by atoms with Gasteiger partial charge in [0.2, 0.25) is 0 Å². The lowest BCUT2D eigenvalue weighted by Crippen LogP contribution is -2.23. The number of ketones is 1. The molecular formula is C11H6ClF4N3O. The molecule has 0 saturated heterocycles. The fourth-order valence-corrected chi connectivity index (χ4v) is 1.66. The van der Waals surface area contributed by atoms with E-state index in [4.69, 9.17) is 11.6 Å². The Kier molecular flexibility index (Phi) is 3.76. The third kappa shape index (κ3) is 2.96. The summed E-state index contributed by atoms with van der Waals surface area (Å²) in [5, 5.41) is 6.36. The van der Waals surface area contributed by atoms with Crippen LogP contribution in [0.1, 0.15) is 16.1 Å². The van der Waals surface area contributed by atoms with E-state index < -0.39 is 23.5 Å². The van der Waals surface area contributed by atoms with Crippen molar-refractivity contribution >= 4 is 17.4 Å². The molecule has 0 amide bonds. The minimum absolute atomic E-state index is 0.116. The monoisotopic (exact) mass is 307 g/mol. The zero-order valence-electron chi connectivity index (χ0n) is 9.66. The molecule has 2 aromatic rings. The fraction of sp³-hybridized carbons (Fsp3) is 0.182. The molecule has 20 heavy (non-hydrogen) atoms. The first-order valence-corrected chi connectivity index (χ1v) is 5.61. The largest absolute Gasteiger partial charge is 0.456 e. The van der Waals surface area contributed by atoms with Crippen molar-refractivity contribution in [3.63, 3.8) is 0 Å². The summed E-state index contributed by atoms with van der Waals surface area (Å²) in [6.07, 6.45) is -4.22. The highest BCUT2D eigenvalue weighted by Gasteiger charge is 2.41. The number of alkyl halides is 3. The van der Waals surface area contributed by atoms with Crippen molar-refractivity contribution in [3.05, 3.63) is 46.5 Å². The van der Waals surface area contributed by atoms with Crippen molar-refractivity contribution in [1.82, 2.24) is 15.0 Å². The molecule has 2 rings (SSSR count). The molecule has 0 unspecified atom stereocenters. The van der Waals surface area contributed by atoms with E-state index in [0.29, 0.717) is 0 Å². The highest BCUT2D eigenvalue weighted by atomic mass is 35.5. The summed E-state index contributed by atoms with van der Waals surface area (Å²) in [7, 11) is 0. The molecule has 4 nitrogen and oxygen atoms in total. The van der Waals surface area contributed by atoms with Crippen LogP contribution in [0.3, 0.4) is 0 Å². The molecule has 1 heterocycles. The molecule has 0 atom stereocenters. The lowest BCUT2D eigenvalue weighted by molar-refractivity contribution is -0.0888. The van der Waals surface area contributed by atoms with Crippen LogP contribution in [0, 0.1) is 5.82 Å². The summed E-state index contributed by atoms with van der Waals surface area (Å²) in [5.74, 6) is -2.80. The van der Waals surface area contributed by atoms with E-state index in [1.54, 1.807) is 0 Å². The van der Waals surface area contributed by atoms with Crippen LogP contribution in [0.15, 0.2) is 24.4 Å². The molecule has 0 aliphatic rings. The van der Waals surface area contributed by atoms with Crippen LogP contribution in [0.5, 0.6) is 0 Å². The molecule has 1 aromatic carbocycles. The summed E-state index contributed by atoms with van der Waals surface area (Å²) < 4.78 is 51.1. The molecule has 0 radical (unpaired) electrons. The first-order chi connectivity index (χ1) is 9.29. The standard InChI is InChI=1S/C11H6ClF4N3O/c12-7-3-1-2-6(9(7)13)4-19-5-8(17-18-19)10(20)11(14,15)16/h1-3,5H,4H2. The van der Waals surface area contributed by atoms with Gasteiger partial charge in [-0.25, -0.2) is 9.07 Å². The lowest BCUT2D eigenvalue weighted by Gasteiger charge is -2.03. The number of halogens is 5. The highest BCUT2D eigenvalue weighted by Crippen LogP contribution is 2.21. The van der Waals surface area contributed by atoms with Crippen LogP contribution < -0.4 is 0 Å². The summed E-state index contributed by atoms with van der Waals surface area (Å²) >= 11 is 5.57. The van der Waals surface area contributed by atoms with Gasteiger partial charge in [0.1, 0.15) is 5.82 Å². The van der Waals surface area contributed by atoms with E-state index in [1.807, 2.05) is 0 Å². The number of aromatic nitrogens is 3. The Morgan fingerprint density at radius 1 is 1.35 bits per heavy atom. The van der Waals surface area contributed by atoms with Gasteiger partial charge in [-0.2, -0.15) is 13.2 Å². The van der Waals surface area contributed by atoms with Gasteiger partial charge >= 0.3 is 6.18 Å². The maximum atomic E-state index is 13.6. The van der Waals surface area contributed by atoms with Crippen molar-refractivity contribution in [2.24, 2.45) is 0 Å². The number of nitrogens with zero attached hydrogens (tertiary/aromatic N) is 3.